The van der Waals surface area contributed by atoms with Crippen LogP contribution in [-0.2, 0) is 25.5 Å². The molecule has 0 aliphatic heterocycles. The number of carbonyl (C=O) groups is 2. The normalized spacial score (nSPS) is 16.3. The zero-order valence-electron chi connectivity index (χ0n) is 17.8. The van der Waals surface area contributed by atoms with E-state index in [2.05, 4.69) is 30.4 Å². The summed E-state index contributed by atoms with van der Waals surface area (Å²) >= 11 is 0. The van der Waals surface area contributed by atoms with Crippen molar-refractivity contribution in [2.45, 2.75) is 46.3 Å². The van der Waals surface area contributed by atoms with Crippen molar-refractivity contribution >= 4 is 11.9 Å². The van der Waals surface area contributed by atoms with Crippen molar-refractivity contribution in [3.8, 4) is 0 Å². The molecule has 28 heavy (non-hydrogen) atoms. The summed E-state index contributed by atoms with van der Waals surface area (Å²) in [6.07, 6.45) is 6.79. The molecule has 0 aliphatic carbocycles. The van der Waals surface area contributed by atoms with Gasteiger partial charge in [-0.25, -0.2) is 0 Å². The highest BCUT2D eigenvalue weighted by molar-refractivity contribution is 5.77. The molecule has 0 heterocycles. The number of rotatable bonds is 10. The topological polar surface area (TPSA) is 64.6 Å². The van der Waals surface area contributed by atoms with Gasteiger partial charge in [0, 0.05) is 20.0 Å². The van der Waals surface area contributed by atoms with Crippen molar-refractivity contribution in [3.63, 3.8) is 0 Å². The Morgan fingerprint density at radius 3 is 2.29 bits per heavy atom. The first-order valence-corrected chi connectivity index (χ1v) is 9.56. The molecule has 0 aromatic heterocycles. The van der Waals surface area contributed by atoms with E-state index >= 15 is 0 Å². The molecule has 154 valence electrons. The van der Waals surface area contributed by atoms with Crippen LogP contribution in [0.1, 0.15) is 33.3 Å². The summed E-state index contributed by atoms with van der Waals surface area (Å²) in [6.45, 7) is 7.29. The molecule has 5 heteroatoms. The number of hydrogen-bond donors (Lipinski definition) is 1. The molecule has 0 fully saturated rings. The van der Waals surface area contributed by atoms with Crippen LogP contribution in [0.3, 0.4) is 0 Å². The second-order valence-corrected chi connectivity index (χ2v) is 7.13. The lowest BCUT2D eigenvalue weighted by Gasteiger charge is -2.21. The van der Waals surface area contributed by atoms with Gasteiger partial charge in [-0.05, 0) is 25.8 Å². The lowest BCUT2D eigenvalue weighted by atomic mass is 9.95. The van der Waals surface area contributed by atoms with Gasteiger partial charge >= 0.3 is 5.97 Å². The fourth-order valence-corrected chi connectivity index (χ4v) is 3.07. The van der Waals surface area contributed by atoms with Crippen LogP contribution in [0, 0.1) is 11.8 Å². The van der Waals surface area contributed by atoms with Gasteiger partial charge in [0.1, 0.15) is 0 Å². The summed E-state index contributed by atoms with van der Waals surface area (Å²) in [6, 6.07) is 9.83. The van der Waals surface area contributed by atoms with Crippen molar-refractivity contribution < 1.29 is 19.1 Å². The van der Waals surface area contributed by atoms with Crippen molar-refractivity contribution in [1.29, 1.82) is 0 Å². The predicted molar refractivity (Wildman–Crippen MR) is 112 cm³/mol. The van der Waals surface area contributed by atoms with Crippen LogP contribution < -0.4 is 5.32 Å². The first-order chi connectivity index (χ1) is 13.3. The Kier molecular flexibility index (Phi) is 10.2. The van der Waals surface area contributed by atoms with Crippen LogP contribution in [0.5, 0.6) is 0 Å². The number of allylic oxidation sites excluding steroid dienone is 2. The molecule has 1 N–H and O–H groups in total. The number of ether oxygens (including phenoxy) is 2. The molecule has 1 aromatic carbocycles. The van der Waals surface area contributed by atoms with Crippen molar-refractivity contribution in [2.75, 3.05) is 14.2 Å². The third-order valence-corrected chi connectivity index (χ3v) is 4.74. The molecule has 4 atom stereocenters. The molecule has 0 bridgehead atoms. The average Bonchev–Trinajstić information content (AvgIpc) is 2.68. The predicted octanol–water partition coefficient (Wildman–Crippen LogP) is 3.70. The Morgan fingerprint density at radius 2 is 1.75 bits per heavy atom. The van der Waals surface area contributed by atoms with Crippen LogP contribution in [0.15, 0.2) is 54.1 Å². The van der Waals surface area contributed by atoms with Gasteiger partial charge in [-0.3, -0.25) is 9.59 Å². The molecule has 1 amide bonds. The van der Waals surface area contributed by atoms with Gasteiger partial charge in [-0.2, -0.15) is 0 Å². The minimum Gasteiger partial charge on any atom is -0.469 e. The molecule has 0 aliphatic rings. The summed E-state index contributed by atoms with van der Waals surface area (Å²) in [7, 11) is 3.08. The molecule has 1 aromatic rings. The zero-order valence-corrected chi connectivity index (χ0v) is 17.8. The van der Waals surface area contributed by atoms with Crippen LogP contribution in [0.2, 0.25) is 0 Å². The van der Waals surface area contributed by atoms with Gasteiger partial charge < -0.3 is 14.8 Å². The highest BCUT2D eigenvalue weighted by Gasteiger charge is 2.23. The minimum absolute atomic E-state index is 0.0610. The summed E-state index contributed by atoms with van der Waals surface area (Å²) in [5.74, 6) is -0.823. The summed E-state index contributed by atoms with van der Waals surface area (Å²) in [5, 5.41) is 2.79. The summed E-state index contributed by atoms with van der Waals surface area (Å²) in [4.78, 5) is 23.3. The maximum absolute atomic E-state index is 11.8. The van der Waals surface area contributed by atoms with Gasteiger partial charge in [-0.1, -0.05) is 61.1 Å². The van der Waals surface area contributed by atoms with Crippen molar-refractivity contribution in [2.24, 2.45) is 11.8 Å². The minimum atomic E-state index is -0.472. The van der Waals surface area contributed by atoms with Gasteiger partial charge in [0.15, 0.2) is 0 Å². The molecule has 0 spiro atoms. The Morgan fingerprint density at radius 1 is 1.11 bits per heavy atom. The van der Waals surface area contributed by atoms with Crippen molar-refractivity contribution in [3.05, 3.63) is 59.7 Å². The van der Waals surface area contributed by atoms with Gasteiger partial charge in [-0.15, -0.1) is 0 Å². The van der Waals surface area contributed by atoms with Gasteiger partial charge in [0.25, 0.3) is 0 Å². The Labute approximate surface area is 168 Å². The van der Waals surface area contributed by atoms with Crippen molar-refractivity contribution in [1.82, 2.24) is 5.32 Å². The molecule has 0 saturated carbocycles. The number of esters is 1. The largest absolute Gasteiger partial charge is 0.469 e. The molecule has 0 radical (unpaired) electrons. The number of methoxy groups -OCH3 is 2. The van der Waals surface area contributed by atoms with E-state index < -0.39 is 12.0 Å². The van der Waals surface area contributed by atoms with Crippen LogP contribution in [-0.4, -0.2) is 38.2 Å². The second kappa shape index (κ2) is 12.1. The first kappa shape index (κ1) is 23.6. The second-order valence-electron chi connectivity index (χ2n) is 7.13. The third-order valence-electron chi connectivity index (χ3n) is 4.74. The fraction of sp³-hybridized carbons (Fsp3) is 0.478. The van der Waals surface area contributed by atoms with Gasteiger partial charge in [0.2, 0.25) is 5.91 Å². The SMILES string of the molecule is COC(=O)C(C)C(/C=C/C(C)=C/C(C)C(Cc1ccccc1)OC)NC(C)=O. The number of nitrogens with one attached hydrogen (secondary N) is 1. The third kappa shape index (κ3) is 8.09. The molecule has 0 saturated heterocycles. The number of amides is 1. The lowest BCUT2D eigenvalue weighted by Crippen LogP contribution is -2.40. The fourth-order valence-electron chi connectivity index (χ4n) is 3.07. The van der Waals surface area contributed by atoms with Crippen LogP contribution in [0.4, 0.5) is 0 Å². The Bertz CT molecular complexity index is 681. The quantitative estimate of drug-likeness (QED) is 0.491. The zero-order chi connectivity index (χ0) is 21.1. The Hall–Kier alpha value is -2.40. The molecule has 4 unspecified atom stereocenters. The van der Waals surface area contributed by atoms with E-state index in [4.69, 9.17) is 9.47 Å². The van der Waals surface area contributed by atoms with E-state index in [9.17, 15) is 9.59 Å². The molecule has 5 nitrogen and oxygen atoms in total. The highest BCUT2D eigenvalue weighted by Crippen LogP contribution is 2.17. The summed E-state index contributed by atoms with van der Waals surface area (Å²) in [5.41, 5.74) is 2.27. The van der Waals surface area contributed by atoms with E-state index in [0.717, 1.165) is 12.0 Å². The van der Waals surface area contributed by atoms with E-state index in [0.29, 0.717) is 0 Å². The lowest BCUT2D eigenvalue weighted by molar-refractivity contribution is -0.145. The number of hydrogen-bond acceptors (Lipinski definition) is 4. The molecular formula is C23H33NO4. The van der Waals surface area contributed by atoms with Crippen LogP contribution >= 0.6 is 0 Å². The van der Waals surface area contributed by atoms with E-state index in [1.54, 1.807) is 14.0 Å². The smallest absolute Gasteiger partial charge is 0.310 e. The average molecular weight is 388 g/mol. The maximum Gasteiger partial charge on any atom is 0.310 e. The molecule has 1 rings (SSSR count). The number of carbonyl (C=O) groups excluding carboxylic acids is 2. The van der Waals surface area contributed by atoms with E-state index in [1.807, 2.05) is 37.3 Å². The highest BCUT2D eigenvalue weighted by atomic mass is 16.5. The molecular weight excluding hydrogens is 354 g/mol. The monoisotopic (exact) mass is 387 g/mol. The summed E-state index contributed by atoms with van der Waals surface area (Å²) < 4.78 is 10.5. The van der Waals surface area contributed by atoms with Crippen LogP contribution in [0.25, 0.3) is 0 Å². The maximum atomic E-state index is 11.8. The van der Waals surface area contributed by atoms with E-state index in [1.165, 1.54) is 19.6 Å². The van der Waals surface area contributed by atoms with Gasteiger partial charge in [0.05, 0.1) is 25.2 Å². The number of benzene rings is 1. The first-order valence-electron chi connectivity index (χ1n) is 9.56. The standard InChI is InChI=1S/C23H33NO4/c1-16(12-13-21(24-19(4)25)18(3)23(26)28-6)14-17(2)22(27-5)15-20-10-8-7-9-11-20/h7-14,17-18,21-22H,15H2,1-6H3,(H,24,25)/b13-12+,16-14+. The Balaban J connectivity index is 2.84. The van der Waals surface area contributed by atoms with E-state index in [-0.39, 0.29) is 23.9 Å².